The Balaban J connectivity index is 1.74. The number of nitrogens with one attached hydrogen (secondary N) is 2. The number of ether oxygens (including phenoxy) is 4. The lowest BCUT2D eigenvalue weighted by Gasteiger charge is -2.28. The van der Waals surface area contributed by atoms with Crippen molar-refractivity contribution in [3.05, 3.63) is 68.4 Å². The molecule has 0 unspecified atom stereocenters. The number of benzene rings is 2. The summed E-state index contributed by atoms with van der Waals surface area (Å²) in [6.07, 6.45) is 16.4. The molecule has 0 aromatic heterocycles. The van der Waals surface area contributed by atoms with Crippen LogP contribution in [0.2, 0.25) is 0 Å². The van der Waals surface area contributed by atoms with Gasteiger partial charge in [-0.2, -0.15) is 0 Å². The smallest absolute Gasteiger partial charge is 0.410 e. The topological polar surface area (TPSA) is 314 Å². The van der Waals surface area contributed by atoms with Crippen LogP contribution in [0, 0.1) is 0 Å². The molecule has 0 saturated carbocycles. The minimum atomic E-state index is -0.681. The highest BCUT2D eigenvalue weighted by Crippen LogP contribution is 2.26. The number of unbranched alkanes of at least 4 members (excludes halogenated alkanes) is 15. The fourth-order valence-electron chi connectivity index (χ4n) is 9.21. The molecule has 0 radical (unpaired) electrons. The second-order valence-electron chi connectivity index (χ2n) is 26.2. The van der Waals surface area contributed by atoms with E-state index >= 15 is 0 Å². The highest BCUT2D eigenvalue weighted by Gasteiger charge is 2.26. The zero-order valence-electron chi connectivity index (χ0n) is 55.1. The van der Waals surface area contributed by atoms with Crippen molar-refractivity contribution in [1.82, 2.24) is 30.2 Å². The lowest BCUT2D eigenvalue weighted by atomic mass is 10.1. The van der Waals surface area contributed by atoms with E-state index in [-0.39, 0.29) is 59.3 Å². The monoisotopic (exact) mass is 1230 g/mol. The molecule has 4 N–H and O–H groups in total. The largest absolute Gasteiger partial charge is 0.507 e. The molecule has 0 aliphatic heterocycles. The number of aromatic hydroxyl groups is 2. The highest BCUT2D eigenvalue weighted by molar-refractivity contribution is 5.97. The van der Waals surface area contributed by atoms with Gasteiger partial charge in [-0.25, -0.2) is 19.2 Å². The van der Waals surface area contributed by atoms with Gasteiger partial charge >= 0.3 is 24.4 Å². The molecule has 0 atom stereocenters. The maximum Gasteiger partial charge on any atom is 0.410 e. The minimum Gasteiger partial charge on any atom is -0.507 e. The summed E-state index contributed by atoms with van der Waals surface area (Å²) in [6, 6.07) is 8.08. The summed E-state index contributed by atoms with van der Waals surface area (Å²) in [5.74, 6) is -1.59. The molecular weight excluding hydrogens is 1130 g/mol. The first-order valence-corrected chi connectivity index (χ1v) is 31.7. The molecule has 0 aliphatic carbocycles. The van der Waals surface area contributed by atoms with Gasteiger partial charge in [-0.05, 0) is 170 Å². The van der Waals surface area contributed by atoms with E-state index in [0.717, 1.165) is 116 Å². The van der Waals surface area contributed by atoms with Crippen molar-refractivity contribution in [2.24, 2.45) is 10.2 Å². The summed E-state index contributed by atoms with van der Waals surface area (Å²) < 4.78 is 22.9. The SMILES string of the molecule is CC(C)(C)OC(=O)N(CCCCCCCCCCCCN(CCCCCCN(CCCNC(=O)c1ccc(N=[N+]=[N-])cc1O)C(=O)OC(C)(C)C)C(=O)OC(C)(C)C)CCCCCCN(CCCNC(=O)c1ccc(N=[N+]=[N-])cc1O)C(=O)OC(C)(C)C. The number of phenolic OH excluding ortho intramolecular Hbond substituents is 2. The minimum absolute atomic E-state index is 0.0452. The Morgan fingerprint density at radius 3 is 0.807 bits per heavy atom. The van der Waals surface area contributed by atoms with E-state index in [2.05, 4.69) is 30.7 Å². The fourth-order valence-corrected chi connectivity index (χ4v) is 9.21. The van der Waals surface area contributed by atoms with Gasteiger partial charge in [0.05, 0.1) is 11.1 Å². The molecule has 0 heterocycles. The normalized spacial score (nSPS) is 11.5. The molecule has 0 spiro atoms. The van der Waals surface area contributed by atoms with Crippen LogP contribution in [0.3, 0.4) is 0 Å². The standard InChI is InChI=1S/C64H106N12O12/c1-61(2,3)85-57(81)73(41-27-21-23-29-43-75(59(83)87-63(7,8)9)45-31-37-67-55(79)51-35-33-49(69-71-65)47-53(51)77)39-25-19-17-15-13-14-16-18-20-26-40-74(58(82)86-62(4,5)6)42-28-22-24-30-44-76(60(84)88-64(10,11)12)46-32-38-68-56(80)52-36-34-50(70-72-66)48-54(52)78/h33-36,47-48,77-78H,13-32,37-46H2,1-12H3,(H,67,79)(H,68,80). The van der Waals surface area contributed by atoms with Crippen molar-refractivity contribution in [3.8, 4) is 11.5 Å². The van der Waals surface area contributed by atoms with Gasteiger partial charge in [0.25, 0.3) is 11.8 Å². The quantitative estimate of drug-likeness (QED) is 0.0160. The number of rotatable bonds is 39. The average molecular weight is 1240 g/mol. The van der Waals surface area contributed by atoms with Crippen LogP contribution in [0.15, 0.2) is 46.6 Å². The Labute approximate surface area is 523 Å². The Morgan fingerprint density at radius 1 is 0.386 bits per heavy atom. The molecule has 0 aliphatic rings. The fraction of sp³-hybridized carbons (Fsp3) is 0.719. The maximum atomic E-state index is 13.3. The van der Waals surface area contributed by atoms with Crippen LogP contribution in [0.25, 0.3) is 20.9 Å². The maximum absolute atomic E-state index is 13.3. The molecule has 2 rings (SSSR count). The van der Waals surface area contributed by atoms with E-state index in [1.54, 1.807) is 9.80 Å². The third-order valence-corrected chi connectivity index (χ3v) is 13.5. The summed E-state index contributed by atoms with van der Waals surface area (Å²) >= 11 is 0. The first-order valence-electron chi connectivity index (χ1n) is 31.7. The van der Waals surface area contributed by atoms with Crippen LogP contribution in [0.1, 0.15) is 232 Å². The number of hydrogen-bond acceptors (Lipinski definition) is 14. The number of amides is 6. The van der Waals surface area contributed by atoms with Gasteiger partial charge < -0.3 is 59.4 Å². The first kappa shape index (κ1) is 76.8. The number of carbonyl (C=O) groups excluding carboxylic acids is 6. The molecule has 6 amide bonds. The van der Waals surface area contributed by atoms with Crippen LogP contribution < -0.4 is 10.6 Å². The molecular formula is C64H106N12O12. The van der Waals surface area contributed by atoms with Crippen LogP contribution in [0.5, 0.6) is 11.5 Å². The van der Waals surface area contributed by atoms with Gasteiger partial charge in [0, 0.05) is 86.6 Å². The average Bonchev–Trinajstić information content (AvgIpc) is 3.62. The van der Waals surface area contributed by atoms with Crippen LogP contribution in [0.4, 0.5) is 30.6 Å². The van der Waals surface area contributed by atoms with Crippen molar-refractivity contribution in [2.75, 3.05) is 65.4 Å². The summed E-state index contributed by atoms with van der Waals surface area (Å²) in [4.78, 5) is 90.6. The number of hydrogen-bond donors (Lipinski definition) is 4. The van der Waals surface area contributed by atoms with Gasteiger partial charge in [0.1, 0.15) is 33.9 Å². The van der Waals surface area contributed by atoms with E-state index in [1.165, 1.54) is 36.4 Å². The summed E-state index contributed by atoms with van der Waals surface area (Å²) in [6.45, 7) is 26.6. The zero-order chi connectivity index (χ0) is 65.8. The lowest BCUT2D eigenvalue weighted by Crippen LogP contribution is -2.39. The van der Waals surface area contributed by atoms with E-state index in [0.29, 0.717) is 65.2 Å². The Morgan fingerprint density at radius 2 is 0.602 bits per heavy atom. The van der Waals surface area contributed by atoms with E-state index in [1.807, 2.05) is 92.9 Å². The zero-order valence-corrected chi connectivity index (χ0v) is 55.1. The molecule has 0 bridgehead atoms. The van der Waals surface area contributed by atoms with Crippen LogP contribution >= 0.6 is 0 Å². The van der Waals surface area contributed by atoms with E-state index in [9.17, 15) is 39.0 Å². The third-order valence-electron chi connectivity index (χ3n) is 13.5. The van der Waals surface area contributed by atoms with Crippen molar-refractivity contribution in [2.45, 2.75) is 234 Å². The molecule has 88 heavy (non-hydrogen) atoms. The summed E-state index contributed by atoms with van der Waals surface area (Å²) in [5.41, 5.74) is 15.1. The van der Waals surface area contributed by atoms with Crippen LogP contribution in [-0.2, 0) is 18.9 Å². The molecule has 2 aromatic carbocycles. The van der Waals surface area contributed by atoms with Gasteiger partial charge in [0.2, 0.25) is 0 Å². The summed E-state index contributed by atoms with van der Waals surface area (Å²) in [7, 11) is 0. The van der Waals surface area contributed by atoms with Crippen molar-refractivity contribution < 1.29 is 57.9 Å². The number of nitrogens with zero attached hydrogens (tertiary/aromatic N) is 10. The predicted octanol–water partition coefficient (Wildman–Crippen LogP) is 15.9. The van der Waals surface area contributed by atoms with E-state index < -0.39 is 46.4 Å². The van der Waals surface area contributed by atoms with Crippen LogP contribution in [-0.4, -0.2) is 154 Å². The van der Waals surface area contributed by atoms with Crippen molar-refractivity contribution >= 4 is 47.6 Å². The lowest BCUT2D eigenvalue weighted by molar-refractivity contribution is 0.0226. The number of azide groups is 2. The Hall–Kier alpha value is -7.32. The second-order valence-corrected chi connectivity index (χ2v) is 26.2. The second kappa shape index (κ2) is 40.3. The van der Waals surface area contributed by atoms with Crippen molar-refractivity contribution in [1.29, 1.82) is 0 Å². The van der Waals surface area contributed by atoms with Crippen molar-refractivity contribution in [3.63, 3.8) is 0 Å². The summed E-state index contributed by atoms with van der Waals surface area (Å²) in [5, 5.41) is 32.9. The van der Waals surface area contributed by atoms with Gasteiger partial charge in [-0.15, -0.1) is 0 Å². The molecule has 24 nitrogen and oxygen atoms in total. The Kier molecular flexibility index (Phi) is 35.1. The van der Waals surface area contributed by atoms with Gasteiger partial charge in [0.15, 0.2) is 0 Å². The van der Waals surface area contributed by atoms with E-state index in [4.69, 9.17) is 30.0 Å². The molecule has 2 aromatic rings. The highest BCUT2D eigenvalue weighted by atomic mass is 16.6. The predicted molar refractivity (Wildman–Crippen MR) is 342 cm³/mol. The molecule has 24 heteroatoms. The molecule has 0 fully saturated rings. The van der Waals surface area contributed by atoms with Gasteiger partial charge in [-0.1, -0.05) is 99.4 Å². The molecule has 0 saturated heterocycles. The third kappa shape index (κ3) is 35.5. The van der Waals surface area contributed by atoms with Gasteiger partial charge in [-0.3, -0.25) is 9.59 Å². The first-order chi connectivity index (χ1) is 41.4. The number of phenols is 2. The number of carbonyl (C=O) groups is 6. The molecule has 494 valence electrons. The Bertz CT molecular complexity index is 2390.